The fraction of sp³-hybridized carbons (Fsp3) is 0.719. The zero-order valence-electron chi connectivity index (χ0n) is 28.3. The number of allylic oxidation sites excluding steroid dienone is 1. The summed E-state index contributed by atoms with van der Waals surface area (Å²) in [6.07, 6.45) is 7.78. The Kier molecular flexibility index (Phi) is 17.0. The van der Waals surface area contributed by atoms with Gasteiger partial charge in [0, 0.05) is 31.3 Å². The highest BCUT2D eigenvalue weighted by Gasteiger charge is 2.39. The van der Waals surface area contributed by atoms with Gasteiger partial charge in [-0.25, -0.2) is 4.79 Å². The molecule has 4 heterocycles. The molecule has 0 spiro atoms. The Morgan fingerprint density at radius 2 is 1.83 bits per heavy atom. The molecule has 16 nitrogen and oxygen atoms in total. The molecule has 0 aromatic carbocycles. The monoisotopic (exact) mass is 683 g/mol. The Balaban J connectivity index is 0.000000570. The number of hydrogen-bond acceptors (Lipinski definition) is 11. The van der Waals surface area contributed by atoms with Crippen LogP contribution in [0.2, 0.25) is 0 Å². The number of amides is 3. The fourth-order valence-electron chi connectivity index (χ4n) is 5.15. The van der Waals surface area contributed by atoms with Crippen LogP contribution in [0.15, 0.2) is 33.7 Å². The number of unbranched alkanes of at least 4 members (excludes halogenated alkanes) is 3. The maximum atomic E-state index is 12.8. The topological polar surface area (TPSA) is 245 Å². The summed E-state index contributed by atoms with van der Waals surface area (Å²) in [7, 11) is 0. The highest BCUT2D eigenvalue weighted by atomic mass is 16.7. The first-order valence-corrected chi connectivity index (χ1v) is 16.6. The van der Waals surface area contributed by atoms with E-state index in [0.29, 0.717) is 38.7 Å². The predicted molar refractivity (Wildman–Crippen MR) is 174 cm³/mol. The molecule has 3 amide bonds. The molecule has 3 aliphatic heterocycles. The van der Waals surface area contributed by atoms with E-state index in [1.54, 1.807) is 6.08 Å². The van der Waals surface area contributed by atoms with Gasteiger partial charge in [0.1, 0.15) is 12.3 Å². The van der Waals surface area contributed by atoms with Gasteiger partial charge in [-0.2, -0.15) is 0 Å². The Labute approximate surface area is 280 Å². The van der Waals surface area contributed by atoms with Crippen molar-refractivity contribution in [2.45, 2.75) is 141 Å². The second-order valence-corrected chi connectivity index (χ2v) is 12.5. The van der Waals surface area contributed by atoms with E-state index in [-0.39, 0.29) is 17.7 Å². The number of nitrogens with one attached hydrogen (secondary N) is 3. The van der Waals surface area contributed by atoms with Crippen molar-refractivity contribution in [3.63, 3.8) is 0 Å². The van der Waals surface area contributed by atoms with Crippen LogP contribution < -0.4 is 27.6 Å². The van der Waals surface area contributed by atoms with E-state index in [1.165, 1.54) is 49.9 Å². The zero-order chi connectivity index (χ0) is 35.9. The molecule has 0 saturated carbocycles. The van der Waals surface area contributed by atoms with Crippen LogP contribution in [-0.2, 0) is 28.6 Å². The molecule has 2 fully saturated rings. The van der Waals surface area contributed by atoms with Gasteiger partial charge in [0.05, 0.1) is 6.10 Å². The first-order valence-electron chi connectivity index (χ1n) is 16.6. The lowest BCUT2D eigenvalue weighted by molar-refractivity contribution is -0.195. The molecular formula is C32H53N5O11. The van der Waals surface area contributed by atoms with Gasteiger partial charge >= 0.3 is 5.69 Å². The molecule has 1 aromatic heterocycles. The third-order valence-electron chi connectivity index (χ3n) is 7.47. The molecule has 3 aliphatic rings. The lowest BCUT2D eigenvalue weighted by Gasteiger charge is -2.30. The molecular weight excluding hydrogens is 630 g/mol. The summed E-state index contributed by atoms with van der Waals surface area (Å²) in [5.41, 5.74) is 4.42. The summed E-state index contributed by atoms with van der Waals surface area (Å²) in [6.45, 7) is 7.04. The minimum Gasteiger partial charge on any atom is -0.459 e. The van der Waals surface area contributed by atoms with E-state index >= 15 is 0 Å². The molecule has 272 valence electrons. The van der Waals surface area contributed by atoms with Gasteiger partial charge in [0.25, 0.3) is 11.5 Å². The average Bonchev–Trinajstić information content (AvgIpc) is 3.42. The van der Waals surface area contributed by atoms with Gasteiger partial charge in [0.15, 0.2) is 17.7 Å². The highest BCUT2D eigenvalue weighted by Crippen LogP contribution is 2.31. The number of carbonyl (C=O) groups excluding carboxylic acids is 3. The number of nitrogens with two attached hydrogens (primary N) is 1. The Morgan fingerprint density at radius 1 is 1.12 bits per heavy atom. The number of carbonyl (C=O) groups is 3. The second kappa shape index (κ2) is 20.1. The number of nitrogens with zero attached hydrogens (tertiary/aromatic N) is 1. The van der Waals surface area contributed by atoms with Gasteiger partial charge in [-0.1, -0.05) is 26.2 Å². The fourth-order valence-corrected chi connectivity index (χ4v) is 5.15. The number of aliphatic hydroxyl groups is 3. The molecule has 0 bridgehead atoms. The number of H-pyrrole nitrogens is 1. The summed E-state index contributed by atoms with van der Waals surface area (Å²) in [5.74, 6) is -3.04. The van der Waals surface area contributed by atoms with Crippen molar-refractivity contribution in [2.24, 2.45) is 5.73 Å². The SMILES string of the molecule is CC(C)(O)O.CC1CCCC(NC(=O)C2=CCCC(OC(C(N)=O)C3CCC(n4ccc(=O)[nH]c4=O)O3)O2)C(=O)N1.CCCCCCO. The summed E-state index contributed by atoms with van der Waals surface area (Å²) < 4.78 is 18.6. The van der Waals surface area contributed by atoms with Crippen LogP contribution in [0.5, 0.6) is 0 Å². The van der Waals surface area contributed by atoms with E-state index in [1.807, 2.05) is 6.92 Å². The maximum Gasteiger partial charge on any atom is 0.330 e. The van der Waals surface area contributed by atoms with Crippen molar-refractivity contribution in [1.82, 2.24) is 20.2 Å². The van der Waals surface area contributed by atoms with Gasteiger partial charge < -0.3 is 45.9 Å². The van der Waals surface area contributed by atoms with Gasteiger partial charge in [-0.3, -0.25) is 28.7 Å². The van der Waals surface area contributed by atoms with Crippen LogP contribution in [0.3, 0.4) is 0 Å². The third-order valence-corrected chi connectivity index (χ3v) is 7.47. The number of aliphatic hydroxyl groups excluding tert-OH is 1. The molecule has 16 heteroatoms. The normalized spacial score (nSPS) is 24.6. The number of rotatable bonds is 11. The minimum atomic E-state index is -1.50. The van der Waals surface area contributed by atoms with Gasteiger partial charge in [0.2, 0.25) is 18.1 Å². The summed E-state index contributed by atoms with van der Waals surface area (Å²) in [5, 5.41) is 30.0. The largest absolute Gasteiger partial charge is 0.459 e. The molecule has 6 atom stereocenters. The van der Waals surface area contributed by atoms with Crippen LogP contribution in [0, 0.1) is 0 Å². The molecule has 6 unspecified atom stereocenters. The smallest absolute Gasteiger partial charge is 0.330 e. The van der Waals surface area contributed by atoms with E-state index in [9.17, 15) is 24.0 Å². The van der Waals surface area contributed by atoms with Crippen molar-refractivity contribution in [3.05, 3.63) is 44.9 Å². The van der Waals surface area contributed by atoms with Crippen LogP contribution in [0.25, 0.3) is 0 Å². The number of hydrogen-bond donors (Lipinski definition) is 7. The quantitative estimate of drug-likeness (QED) is 0.125. The van der Waals surface area contributed by atoms with Gasteiger partial charge in [-0.15, -0.1) is 0 Å². The van der Waals surface area contributed by atoms with Crippen molar-refractivity contribution < 1.29 is 43.9 Å². The number of primary amides is 1. The number of aromatic nitrogens is 2. The lowest BCUT2D eigenvalue weighted by atomic mass is 10.1. The Bertz CT molecular complexity index is 1310. The number of ether oxygens (including phenoxy) is 3. The molecule has 0 aliphatic carbocycles. The van der Waals surface area contributed by atoms with E-state index in [2.05, 4.69) is 22.5 Å². The van der Waals surface area contributed by atoms with Gasteiger partial charge in [-0.05, 0) is 71.8 Å². The van der Waals surface area contributed by atoms with Crippen LogP contribution >= 0.6 is 0 Å². The molecule has 0 radical (unpaired) electrons. The standard InChI is InChI=1S/C23H31N5O8.C6H14O.C3H8O2/c1-12-4-2-5-13(21(31)25-12)26-22(32)15-6-3-7-18(35-15)36-19(20(24)30)14-8-9-17(34-14)28-11-10-16(29)27-23(28)33;1-2-3-4-5-6-7;1-3(2,4)5/h6,10-14,17-19H,2-5,7-9H2,1H3,(H2,24,30)(H,25,31)(H,26,32)(H,27,29,33);7H,2-6H2,1H3;4-5H,1-2H3. The highest BCUT2D eigenvalue weighted by molar-refractivity contribution is 5.95. The molecule has 2 saturated heterocycles. The first kappa shape index (κ1) is 40.6. The molecule has 1 aromatic rings. The maximum absolute atomic E-state index is 12.8. The van der Waals surface area contributed by atoms with Crippen LogP contribution in [-0.4, -0.2) is 85.6 Å². The van der Waals surface area contributed by atoms with Crippen molar-refractivity contribution in [3.8, 4) is 0 Å². The van der Waals surface area contributed by atoms with E-state index < -0.39 is 59.6 Å². The third kappa shape index (κ3) is 14.7. The summed E-state index contributed by atoms with van der Waals surface area (Å²) in [4.78, 5) is 62.8. The van der Waals surface area contributed by atoms with Crippen molar-refractivity contribution >= 4 is 17.7 Å². The van der Waals surface area contributed by atoms with E-state index in [4.69, 9.17) is 35.3 Å². The van der Waals surface area contributed by atoms with Crippen LogP contribution in [0.4, 0.5) is 0 Å². The number of aromatic amines is 1. The van der Waals surface area contributed by atoms with Crippen molar-refractivity contribution in [1.29, 1.82) is 0 Å². The molecule has 8 N–H and O–H groups in total. The summed E-state index contributed by atoms with van der Waals surface area (Å²) >= 11 is 0. The van der Waals surface area contributed by atoms with E-state index in [0.717, 1.165) is 19.3 Å². The van der Waals surface area contributed by atoms with Crippen LogP contribution in [0.1, 0.15) is 105 Å². The predicted octanol–water partition coefficient (Wildman–Crippen LogP) is 0.545. The molecule has 48 heavy (non-hydrogen) atoms. The Hall–Kier alpha value is -3.57. The zero-order valence-corrected chi connectivity index (χ0v) is 28.3. The lowest BCUT2D eigenvalue weighted by Crippen LogP contribution is -2.48. The van der Waals surface area contributed by atoms with Crippen molar-refractivity contribution in [2.75, 3.05) is 6.61 Å². The second-order valence-electron chi connectivity index (χ2n) is 12.5. The Morgan fingerprint density at radius 3 is 2.46 bits per heavy atom. The molecule has 4 rings (SSSR count). The average molecular weight is 684 g/mol. The minimum absolute atomic E-state index is 0.00424. The first-order chi connectivity index (χ1) is 22.6. The summed E-state index contributed by atoms with van der Waals surface area (Å²) in [6, 6.07) is 0.592.